The minimum Gasteiger partial charge on any atom is -0.486 e. The Morgan fingerprint density at radius 2 is 1.93 bits per heavy atom. The number of fused-ring (bicyclic) bond motifs is 1. The highest BCUT2D eigenvalue weighted by atomic mass is 16.5. The van der Waals surface area contributed by atoms with Crippen LogP contribution in [0.4, 0.5) is 0 Å². The summed E-state index contributed by atoms with van der Waals surface area (Å²) in [7, 11) is 0. The van der Waals surface area contributed by atoms with Crippen LogP contribution in [0.3, 0.4) is 0 Å². The van der Waals surface area contributed by atoms with Gasteiger partial charge in [0.05, 0.1) is 12.0 Å². The fourth-order valence-corrected chi connectivity index (χ4v) is 3.68. The van der Waals surface area contributed by atoms with Crippen molar-refractivity contribution in [3.8, 4) is 11.5 Å². The Hall–Kier alpha value is -2.57. The van der Waals surface area contributed by atoms with Crippen molar-refractivity contribution in [2.24, 2.45) is 0 Å². The van der Waals surface area contributed by atoms with Gasteiger partial charge in [-0.3, -0.25) is 14.4 Å². The Morgan fingerprint density at radius 1 is 1.25 bits per heavy atom. The second kappa shape index (κ2) is 7.45. The third-order valence-electron chi connectivity index (χ3n) is 5.07. The van der Waals surface area contributed by atoms with Gasteiger partial charge in [-0.1, -0.05) is 0 Å². The highest BCUT2D eigenvalue weighted by molar-refractivity contribution is 6.00. The molecule has 2 heterocycles. The summed E-state index contributed by atoms with van der Waals surface area (Å²) in [6.45, 7) is 8.32. The van der Waals surface area contributed by atoms with Crippen LogP contribution in [0.1, 0.15) is 57.3 Å². The van der Waals surface area contributed by atoms with Crippen LogP contribution in [0.2, 0.25) is 0 Å². The molecule has 3 rings (SSSR count). The van der Waals surface area contributed by atoms with E-state index in [0.29, 0.717) is 49.4 Å². The topological polar surface area (TPSA) is 84.9 Å². The molecule has 2 aliphatic rings. The first-order chi connectivity index (χ1) is 13.1. The molecule has 2 amide bonds. The van der Waals surface area contributed by atoms with Crippen LogP contribution in [0.15, 0.2) is 18.2 Å². The van der Waals surface area contributed by atoms with Crippen LogP contribution in [0.5, 0.6) is 11.5 Å². The molecule has 0 aliphatic carbocycles. The van der Waals surface area contributed by atoms with Crippen molar-refractivity contribution in [1.29, 1.82) is 0 Å². The van der Waals surface area contributed by atoms with Crippen LogP contribution in [-0.2, 0) is 9.59 Å². The van der Waals surface area contributed by atoms with Gasteiger partial charge in [-0.15, -0.1) is 0 Å². The molecule has 0 unspecified atom stereocenters. The van der Waals surface area contributed by atoms with Gasteiger partial charge in [0.1, 0.15) is 17.1 Å². The number of carbonyl (C=O) groups excluding carboxylic acids is 3. The molecule has 1 saturated heterocycles. The number of nitrogens with one attached hydrogen (secondary N) is 1. The highest BCUT2D eigenvalue weighted by Gasteiger charge is 2.43. The predicted molar refractivity (Wildman–Crippen MR) is 104 cm³/mol. The zero-order valence-electron chi connectivity index (χ0n) is 17.0. The Kier molecular flexibility index (Phi) is 5.37. The van der Waals surface area contributed by atoms with E-state index in [2.05, 4.69) is 5.32 Å². The third kappa shape index (κ3) is 4.64. The molecule has 0 aromatic heterocycles. The van der Waals surface area contributed by atoms with Crippen LogP contribution in [0, 0.1) is 0 Å². The van der Waals surface area contributed by atoms with E-state index in [-0.39, 0.29) is 29.7 Å². The SMILES string of the molecule is CC(=O)N1CCC2(CC1)CC(=O)c1ccc(OCC(=O)NC(C)(C)C)cc1O2. The van der Waals surface area contributed by atoms with E-state index in [1.807, 2.05) is 20.8 Å². The van der Waals surface area contributed by atoms with E-state index >= 15 is 0 Å². The van der Waals surface area contributed by atoms with Crippen LogP contribution >= 0.6 is 0 Å². The average molecular weight is 388 g/mol. The minimum atomic E-state index is -0.571. The summed E-state index contributed by atoms with van der Waals surface area (Å²) < 4.78 is 11.8. The molecule has 1 aromatic rings. The number of carbonyl (C=O) groups is 3. The molecule has 7 nitrogen and oxygen atoms in total. The van der Waals surface area contributed by atoms with E-state index in [4.69, 9.17) is 9.47 Å². The van der Waals surface area contributed by atoms with Gasteiger partial charge in [-0.05, 0) is 32.9 Å². The Morgan fingerprint density at radius 3 is 2.54 bits per heavy atom. The van der Waals surface area contributed by atoms with Crippen molar-refractivity contribution in [2.45, 2.75) is 58.1 Å². The summed E-state index contributed by atoms with van der Waals surface area (Å²) in [4.78, 5) is 37.9. The van der Waals surface area contributed by atoms with E-state index in [1.165, 1.54) is 0 Å². The molecular formula is C21H28N2O5. The van der Waals surface area contributed by atoms with Crippen molar-refractivity contribution in [3.63, 3.8) is 0 Å². The molecule has 1 spiro atoms. The lowest BCUT2D eigenvalue weighted by molar-refractivity contribution is -0.132. The number of hydrogen-bond donors (Lipinski definition) is 1. The number of Topliss-reactive ketones (excluding diaryl/α,β-unsaturated/α-hetero) is 1. The first kappa shape index (κ1) is 20.2. The standard InChI is InChI=1S/C21H28N2O5/c1-14(24)23-9-7-21(8-10-23)12-17(25)16-6-5-15(11-18(16)28-21)27-13-19(26)22-20(2,3)4/h5-6,11H,7-10,12-13H2,1-4H3,(H,22,26). The van der Waals surface area contributed by atoms with Crippen molar-refractivity contribution in [2.75, 3.05) is 19.7 Å². The first-order valence-corrected chi connectivity index (χ1v) is 9.63. The Labute approximate surface area is 165 Å². The second-order valence-corrected chi connectivity index (χ2v) is 8.64. The Bertz CT molecular complexity index is 788. The maximum absolute atomic E-state index is 12.6. The van der Waals surface area contributed by atoms with Gasteiger partial charge < -0.3 is 19.7 Å². The van der Waals surface area contributed by atoms with Gasteiger partial charge in [0.25, 0.3) is 5.91 Å². The molecule has 2 aliphatic heterocycles. The van der Waals surface area contributed by atoms with E-state index in [0.717, 1.165) is 0 Å². The number of rotatable bonds is 3. The van der Waals surface area contributed by atoms with E-state index < -0.39 is 5.60 Å². The summed E-state index contributed by atoms with van der Waals surface area (Å²) in [5.41, 5.74) is -0.364. The van der Waals surface area contributed by atoms with Crippen molar-refractivity contribution < 1.29 is 23.9 Å². The number of likely N-dealkylation sites (tertiary alicyclic amines) is 1. The number of ether oxygens (including phenoxy) is 2. The first-order valence-electron chi connectivity index (χ1n) is 9.63. The van der Waals surface area contributed by atoms with Gasteiger partial charge in [0.2, 0.25) is 5.91 Å². The summed E-state index contributed by atoms with van der Waals surface area (Å²) in [5.74, 6) is 0.835. The van der Waals surface area contributed by atoms with E-state index in [9.17, 15) is 14.4 Å². The second-order valence-electron chi connectivity index (χ2n) is 8.64. The lowest BCUT2D eigenvalue weighted by Gasteiger charge is -2.43. The van der Waals surface area contributed by atoms with Gasteiger partial charge in [-0.25, -0.2) is 0 Å². The molecule has 0 atom stereocenters. The monoisotopic (exact) mass is 388 g/mol. The number of hydrogen-bond acceptors (Lipinski definition) is 5. The van der Waals surface area contributed by atoms with E-state index in [1.54, 1.807) is 30.0 Å². The summed E-state index contributed by atoms with van der Waals surface area (Å²) >= 11 is 0. The zero-order chi connectivity index (χ0) is 20.5. The molecule has 1 aromatic carbocycles. The normalized spacial score (nSPS) is 18.3. The molecule has 0 radical (unpaired) electrons. The third-order valence-corrected chi connectivity index (χ3v) is 5.07. The average Bonchev–Trinajstić information content (AvgIpc) is 2.58. The smallest absolute Gasteiger partial charge is 0.258 e. The maximum atomic E-state index is 12.6. The molecule has 7 heteroatoms. The van der Waals surface area contributed by atoms with Crippen LogP contribution in [-0.4, -0.2) is 53.3 Å². The lowest BCUT2D eigenvalue weighted by atomic mass is 9.82. The van der Waals surface area contributed by atoms with Crippen molar-refractivity contribution in [1.82, 2.24) is 10.2 Å². The number of piperidine rings is 1. The lowest BCUT2D eigenvalue weighted by Crippen LogP contribution is -2.51. The van der Waals surface area contributed by atoms with Gasteiger partial charge in [0.15, 0.2) is 12.4 Å². The van der Waals surface area contributed by atoms with Crippen molar-refractivity contribution >= 4 is 17.6 Å². The van der Waals surface area contributed by atoms with Gasteiger partial charge >= 0.3 is 0 Å². The summed E-state index contributed by atoms with van der Waals surface area (Å²) in [6.07, 6.45) is 1.56. The van der Waals surface area contributed by atoms with Gasteiger partial charge in [-0.2, -0.15) is 0 Å². The van der Waals surface area contributed by atoms with Crippen LogP contribution < -0.4 is 14.8 Å². The maximum Gasteiger partial charge on any atom is 0.258 e. The number of benzene rings is 1. The zero-order valence-corrected chi connectivity index (χ0v) is 17.0. The molecular weight excluding hydrogens is 360 g/mol. The molecule has 0 saturated carbocycles. The molecule has 1 N–H and O–H groups in total. The van der Waals surface area contributed by atoms with Crippen LogP contribution in [0.25, 0.3) is 0 Å². The quantitative estimate of drug-likeness (QED) is 0.859. The number of ketones is 1. The molecule has 0 bridgehead atoms. The molecule has 28 heavy (non-hydrogen) atoms. The minimum absolute atomic E-state index is 0.0366. The fourth-order valence-electron chi connectivity index (χ4n) is 3.68. The summed E-state index contributed by atoms with van der Waals surface area (Å²) in [5, 5.41) is 2.84. The van der Waals surface area contributed by atoms with Gasteiger partial charge in [0, 0.05) is 44.5 Å². The number of amides is 2. The Balaban J connectivity index is 1.69. The molecule has 1 fully saturated rings. The predicted octanol–water partition coefficient (Wildman–Crippen LogP) is 2.33. The largest absolute Gasteiger partial charge is 0.486 e. The molecule has 152 valence electrons. The van der Waals surface area contributed by atoms with Crippen molar-refractivity contribution in [3.05, 3.63) is 23.8 Å². The summed E-state index contributed by atoms with van der Waals surface area (Å²) in [6, 6.07) is 5.04. The highest BCUT2D eigenvalue weighted by Crippen LogP contribution is 2.40. The number of nitrogens with zero attached hydrogens (tertiary/aromatic N) is 1. The fraction of sp³-hybridized carbons (Fsp3) is 0.571.